The lowest BCUT2D eigenvalue weighted by molar-refractivity contribution is 0.0947. The number of anilines is 1. The zero-order valence-electron chi connectivity index (χ0n) is 15.8. The van der Waals surface area contributed by atoms with Gasteiger partial charge in [-0.15, -0.1) is 0 Å². The molecule has 0 saturated heterocycles. The first kappa shape index (κ1) is 18.8. The number of hydrogen-bond donors (Lipinski definition) is 3. The highest BCUT2D eigenvalue weighted by molar-refractivity contribution is 5.92. The molecule has 0 saturated carbocycles. The van der Waals surface area contributed by atoms with Crippen molar-refractivity contribution in [3.63, 3.8) is 0 Å². The number of para-hydroxylation sites is 1. The molecule has 3 aromatic rings. The summed E-state index contributed by atoms with van der Waals surface area (Å²) in [5, 5.41) is 7.40. The summed E-state index contributed by atoms with van der Waals surface area (Å²) in [4.78, 5) is 25.9. The van der Waals surface area contributed by atoms with Crippen LogP contribution in [0.1, 0.15) is 22.5 Å². The first-order chi connectivity index (χ1) is 13.1. The number of aromatic amines is 1. The zero-order chi connectivity index (χ0) is 19.1. The number of amides is 1. The van der Waals surface area contributed by atoms with Crippen LogP contribution in [0.5, 0.6) is 0 Å². The average molecular weight is 366 g/mol. The molecular formula is C20H26N6O. The maximum atomic E-state index is 12.2. The third-order valence-electron chi connectivity index (χ3n) is 4.34. The van der Waals surface area contributed by atoms with Gasteiger partial charge in [0.25, 0.3) is 5.91 Å². The highest BCUT2D eigenvalue weighted by Crippen LogP contribution is 2.18. The van der Waals surface area contributed by atoms with Gasteiger partial charge in [-0.05, 0) is 45.1 Å². The van der Waals surface area contributed by atoms with Gasteiger partial charge in [0.2, 0.25) is 0 Å². The number of aromatic nitrogens is 3. The lowest BCUT2D eigenvalue weighted by Crippen LogP contribution is -2.28. The van der Waals surface area contributed by atoms with Gasteiger partial charge in [0.05, 0.1) is 0 Å². The second-order valence-corrected chi connectivity index (χ2v) is 6.74. The lowest BCUT2D eigenvalue weighted by atomic mass is 10.1. The minimum atomic E-state index is -0.171. The van der Waals surface area contributed by atoms with Crippen LogP contribution >= 0.6 is 0 Å². The van der Waals surface area contributed by atoms with Crippen molar-refractivity contribution in [1.29, 1.82) is 0 Å². The molecule has 3 rings (SSSR count). The van der Waals surface area contributed by atoms with E-state index in [1.165, 1.54) is 17.3 Å². The minimum Gasteiger partial charge on any atom is -0.370 e. The number of nitrogens with one attached hydrogen (secondary N) is 3. The smallest absolute Gasteiger partial charge is 0.270 e. The van der Waals surface area contributed by atoms with E-state index < -0.39 is 0 Å². The molecule has 0 atom stereocenters. The van der Waals surface area contributed by atoms with E-state index in [4.69, 9.17) is 0 Å². The largest absolute Gasteiger partial charge is 0.370 e. The van der Waals surface area contributed by atoms with Crippen LogP contribution in [0.3, 0.4) is 0 Å². The summed E-state index contributed by atoms with van der Waals surface area (Å²) in [6.07, 6.45) is 5.22. The molecule has 142 valence electrons. The third kappa shape index (κ3) is 5.27. The van der Waals surface area contributed by atoms with Crippen LogP contribution in [0.4, 0.5) is 5.82 Å². The highest BCUT2D eigenvalue weighted by Gasteiger charge is 2.08. The molecule has 0 spiro atoms. The Morgan fingerprint density at radius 2 is 2.04 bits per heavy atom. The van der Waals surface area contributed by atoms with Crippen LogP contribution in [-0.2, 0) is 6.42 Å². The lowest BCUT2D eigenvalue weighted by Gasteiger charge is -2.10. The number of H-pyrrole nitrogens is 1. The van der Waals surface area contributed by atoms with Crippen molar-refractivity contribution in [2.75, 3.05) is 39.0 Å². The van der Waals surface area contributed by atoms with Crippen LogP contribution in [0.25, 0.3) is 10.9 Å². The summed E-state index contributed by atoms with van der Waals surface area (Å²) < 4.78 is 0. The molecule has 2 heterocycles. The van der Waals surface area contributed by atoms with Crippen molar-refractivity contribution >= 4 is 22.6 Å². The molecule has 7 heteroatoms. The Kier molecular flexibility index (Phi) is 6.38. The zero-order valence-corrected chi connectivity index (χ0v) is 15.8. The maximum Gasteiger partial charge on any atom is 0.270 e. The number of nitrogens with zero attached hydrogens (tertiary/aromatic N) is 3. The molecule has 1 aromatic carbocycles. The van der Waals surface area contributed by atoms with Crippen molar-refractivity contribution in [2.24, 2.45) is 0 Å². The van der Waals surface area contributed by atoms with Gasteiger partial charge in [-0.1, -0.05) is 18.2 Å². The summed E-state index contributed by atoms with van der Waals surface area (Å²) >= 11 is 0. The average Bonchev–Trinajstić information content (AvgIpc) is 3.08. The Morgan fingerprint density at radius 3 is 2.89 bits per heavy atom. The maximum absolute atomic E-state index is 12.2. The van der Waals surface area contributed by atoms with Crippen LogP contribution in [0.2, 0.25) is 0 Å². The van der Waals surface area contributed by atoms with E-state index in [-0.39, 0.29) is 5.91 Å². The second-order valence-electron chi connectivity index (χ2n) is 6.74. The summed E-state index contributed by atoms with van der Waals surface area (Å²) in [5.41, 5.74) is 2.78. The molecule has 0 radical (unpaired) electrons. The fourth-order valence-electron chi connectivity index (χ4n) is 2.93. The van der Waals surface area contributed by atoms with E-state index >= 15 is 0 Å². The Hall–Kier alpha value is -2.93. The van der Waals surface area contributed by atoms with Crippen molar-refractivity contribution < 1.29 is 4.79 Å². The standard InChI is InChI=1S/C20H26N6O/c1-26(2)11-5-9-22-20(27)18-12-19(25-14-24-18)21-10-8-15-13-23-17-7-4-3-6-16(15)17/h3-4,6-7,12-14,23H,5,8-11H2,1-2H3,(H,22,27)(H,21,24,25). The fourth-order valence-corrected chi connectivity index (χ4v) is 2.93. The van der Waals surface area contributed by atoms with Crippen molar-refractivity contribution in [3.05, 3.63) is 54.1 Å². The number of hydrogen-bond acceptors (Lipinski definition) is 5. The molecule has 1 amide bonds. The third-order valence-corrected chi connectivity index (χ3v) is 4.34. The summed E-state index contributed by atoms with van der Waals surface area (Å²) in [6, 6.07) is 9.94. The predicted molar refractivity (Wildman–Crippen MR) is 108 cm³/mol. The van der Waals surface area contributed by atoms with E-state index in [2.05, 4.69) is 42.6 Å². The van der Waals surface area contributed by atoms with Gasteiger partial charge in [-0.3, -0.25) is 4.79 Å². The van der Waals surface area contributed by atoms with E-state index in [1.54, 1.807) is 6.07 Å². The SMILES string of the molecule is CN(C)CCCNC(=O)c1cc(NCCc2c[nH]c3ccccc23)ncn1. The van der Waals surface area contributed by atoms with E-state index in [9.17, 15) is 4.79 Å². The molecule has 0 bridgehead atoms. The van der Waals surface area contributed by atoms with Crippen LogP contribution in [-0.4, -0.2) is 59.5 Å². The van der Waals surface area contributed by atoms with Gasteiger partial charge in [0, 0.05) is 36.3 Å². The Labute approximate surface area is 159 Å². The van der Waals surface area contributed by atoms with Gasteiger partial charge < -0.3 is 20.5 Å². The number of carbonyl (C=O) groups is 1. The van der Waals surface area contributed by atoms with E-state index in [1.807, 2.05) is 32.4 Å². The van der Waals surface area contributed by atoms with Crippen molar-refractivity contribution in [1.82, 2.24) is 25.2 Å². The Balaban J connectivity index is 1.51. The molecule has 0 aliphatic heterocycles. The number of benzene rings is 1. The highest BCUT2D eigenvalue weighted by atomic mass is 16.1. The van der Waals surface area contributed by atoms with E-state index in [0.29, 0.717) is 18.1 Å². The summed E-state index contributed by atoms with van der Waals surface area (Å²) in [7, 11) is 4.03. The molecule has 3 N–H and O–H groups in total. The monoisotopic (exact) mass is 366 g/mol. The molecule has 0 fully saturated rings. The Bertz CT molecular complexity index is 889. The molecule has 2 aromatic heterocycles. The number of fused-ring (bicyclic) bond motifs is 1. The molecule has 0 aliphatic carbocycles. The quantitative estimate of drug-likeness (QED) is 0.506. The van der Waals surface area contributed by atoms with Gasteiger partial charge in [-0.2, -0.15) is 0 Å². The van der Waals surface area contributed by atoms with Crippen molar-refractivity contribution in [2.45, 2.75) is 12.8 Å². The first-order valence-corrected chi connectivity index (χ1v) is 9.17. The molecule has 0 aliphatic rings. The van der Waals surface area contributed by atoms with Gasteiger partial charge >= 0.3 is 0 Å². The predicted octanol–water partition coefficient (Wildman–Crippen LogP) is 2.29. The van der Waals surface area contributed by atoms with Crippen LogP contribution in [0, 0.1) is 0 Å². The second kappa shape index (κ2) is 9.14. The van der Waals surface area contributed by atoms with Gasteiger partial charge in [0.1, 0.15) is 17.8 Å². The normalized spacial score (nSPS) is 11.1. The topological polar surface area (TPSA) is 85.9 Å². The number of carbonyl (C=O) groups excluding carboxylic acids is 1. The molecule has 0 unspecified atom stereocenters. The van der Waals surface area contributed by atoms with E-state index in [0.717, 1.165) is 31.4 Å². The summed E-state index contributed by atoms with van der Waals surface area (Å²) in [5.74, 6) is 0.485. The van der Waals surface area contributed by atoms with Crippen LogP contribution < -0.4 is 10.6 Å². The Morgan fingerprint density at radius 1 is 1.19 bits per heavy atom. The summed E-state index contributed by atoms with van der Waals surface area (Å²) in [6.45, 7) is 2.29. The van der Waals surface area contributed by atoms with Crippen LogP contribution in [0.15, 0.2) is 42.9 Å². The molecular weight excluding hydrogens is 340 g/mol. The first-order valence-electron chi connectivity index (χ1n) is 9.17. The van der Waals surface area contributed by atoms with Crippen molar-refractivity contribution in [3.8, 4) is 0 Å². The molecule has 27 heavy (non-hydrogen) atoms. The molecule has 7 nitrogen and oxygen atoms in total. The van der Waals surface area contributed by atoms with Gasteiger partial charge in [0.15, 0.2) is 0 Å². The fraction of sp³-hybridized carbons (Fsp3) is 0.350. The number of rotatable bonds is 9. The van der Waals surface area contributed by atoms with Gasteiger partial charge in [-0.25, -0.2) is 9.97 Å². The minimum absolute atomic E-state index is 0.171.